The lowest BCUT2D eigenvalue weighted by Crippen LogP contribution is -2.38. The Morgan fingerprint density at radius 2 is 1.97 bits per heavy atom. The van der Waals surface area contributed by atoms with Crippen LogP contribution in [0, 0.1) is 0 Å². The molecule has 1 saturated heterocycles. The molecule has 0 spiro atoms. The van der Waals surface area contributed by atoms with E-state index in [1.54, 1.807) is 17.2 Å². The molecule has 0 radical (unpaired) electrons. The molecule has 0 bridgehead atoms. The van der Waals surface area contributed by atoms with Crippen LogP contribution in [-0.2, 0) is 16.4 Å². The Balaban J connectivity index is 1.55. The molecular weight excluding hydrogens is 386 g/mol. The zero-order valence-corrected chi connectivity index (χ0v) is 17.9. The Labute approximate surface area is 173 Å². The third kappa shape index (κ3) is 5.87. The van der Waals surface area contributed by atoms with Gasteiger partial charge in [-0.25, -0.2) is 12.7 Å². The molecule has 1 aromatic carbocycles. The molecule has 29 heavy (non-hydrogen) atoms. The van der Waals surface area contributed by atoms with E-state index in [2.05, 4.69) is 17.1 Å². The van der Waals surface area contributed by atoms with Gasteiger partial charge in [-0.3, -0.25) is 9.78 Å². The molecule has 1 fully saturated rings. The minimum absolute atomic E-state index is 0.0430. The Kier molecular flexibility index (Phi) is 7.03. The molecule has 1 aliphatic heterocycles. The van der Waals surface area contributed by atoms with Crippen LogP contribution in [0.5, 0.6) is 0 Å². The van der Waals surface area contributed by atoms with E-state index in [1.807, 2.05) is 31.3 Å². The van der Waals surface area contributed by atoms with Crippen molar-refractivity contribution in [2.24, 2.45) is 0 Å². The van der Waals surface area contributed by atoms with Gasteiger partial charge in [0.2, 0.25) is 10.0 Å². The van der Waals surface area contributed by atoms with Crippen LogP contribution in [0.3, 0.4) is 0 Å². The van der Waals surface area contributed by atoms with Crippen LogP contribution in [0.4, 0.5) is 0 Å². The van der Waals surface area contributed by atoms with Crippen molar-refractivity contribution in [1.82, 2.24) is 14.2 Å². The molecule has 7 heteroatoms. The maximum atomic E-state index is 12.7. The van der Waals surface area contributed by atoms with Crippen molar-refractivity contribution in [2.75, 3.05) is 32.9 Å². The summed E-state index contributed by atoms with van der Waals surface area (Å²) < 4.78 is 25.1. The number of nitrogens with zero attached hydrogens (tertiary/aromatic N) is 3. The van der Waals surface area contributed by atoms with Gasteiger partial charge in [0.05, 0.1) is 11.8 Å². The Morgan fingerprint density at radius 3 is 2.62 bits per heavy atom. The first-order valence-electron chi connectivity index (χ1n) is 10.0. The van der Waals surface area contributed by atoms with E-state index in [9.17, 15) is 13.2 Å². The summed E-state index contributed by atoms with van der Waals surface area (Å²) in [7, 11) is -1.37. The lowest BCUT2D eigenvalue weighted by molar-refractivity contribution is 0.0793. The normalized spacial score (nSPS) is 17.8. The molecule has 3 rings (SSSR count). The number of aromatic nitrogens is 1. The summed E-state index contributed by atoms with van der Waals surface area (Å²) in [5, 5.41) is 0. The standard InChI is InChI=1S/C22H29N3O3S/c1-24(14-6-10-18-8-4-3-5-9-18)22(26)19-12-13-21(23-16-19)20-11-7-15-25(17-20)29(2,27)28/h3-5,8-9,12-13,16,20H,6-7,10-11,14-15,17H2,1-2H3/t20-/m1/s1. The van der Waals surface area contributed by atoms with Crippen molar-refractivity contribution in [3.63, 3.8) is 0 Å². The van der Waals surface area contributed by atoms with E-state index in [1.165, 1.54) is 16.1 Å². The lowest BCUT2D eigenvalue weighted by atomic mass is 9.95. The predicted octanol–water partition coefficient (Wildman–Crippen LogP) is 2.93. The predicted molar refractivity (Wildman–Crippen MR) is 114 cm³/mol. The third-order valence-corrected chi connectivity index (χ3v) is 6.72. The van der Waals surface area contributed by atoms with E-state index in [0.29, 0.717) is 25.2 Å². The second-order valence-electron chi connectivity index (χ2n) is 7.75. The second kappa shape index (κ2) is 9.50. The van der Waals surface area contributed by atoms with Gasteiger partial charge in [-0.2, -0.15) is 0 Å². The quantitative estimate of drug-likeness (QED) is 0.697. The van der Waals surface area contributed by atoms with Crippen LogP contribution >= 0.6 is 0 Å². The van der Waals surface area contributed by atoms with Crippen molar-refractivity contribution >= 4 is 15.9 Å². The smallest absolute Gasteiger partial charge is 0.255 e. The van der Waals surface area contributed by atoms with Gasteiger partial charge in [-0.05, 0) is 43.4 Å². The zero-order valence-electron chi connectivity index (χ0n) is 17.1. The number of aryl methyl sites for hydroxylation is 1. The van der Waals surface area contributed by atoms with Crippen LogP contribution in [0.25, 0.3) is 0 Å². The molecule has 0 saturated carbocycles. The number of sulfonamides is 1. The molecule has 2 heterocycles. The molecule has 1 amide bonds. The number of pyridine rings is 1. The molecule has 0 unspecified atom stereocenters. The average Bonchev–Trinajstić information content (AvgIpc) is 2.73. The van der Waals surface area contributed by atoms with E-state index < -0.39 is 10.0 Å². The molecule has 0 N–H and O–H groups in total. The van der Waals surface area contributed by atoms with E-state index in [4.69, 9.17) is 0 Å². The molecule has 1 aliphatic rings. The SMILES string of the molecule is CN(CCCc1ccccc1)C(=O)c1ccc([C@@H]2CCCN(S(C)(=O)=O)C2)nc1. The average molecular weight is 416 g/mol. The largest absolute Gasteiger partial charge is 0.342 e. The fourth-order valence-corrected chi connectivity index (χ4v) is 4.66. The number of piperidine rings is 1. The van der Waals surface area contributed by atoms with Crippen LogP contribution < -0.4 is 0 Å². The van der Waals surface area contributed by atoms with Gasteiger partial charge in [0, 0.05) is 44.5 Å². The van der Waals surface area contributed by atoms with Gasteiger partial charge in [0.15, 0.2) is 0 Å². The Hall–Kier alpha value is -2.25. The molecule has 6 nitrogen and oxygen atoms in total. The van der Waals surface area contributed by atoms with E-state index in [-0.39, 0.29) is 11.8 Å². The number of rotatable bonds is 7. The van der Waals surface area contributed by atoms with Crippen LogP contribution in [-0.4, -0.2) is 61.5 Å². The summed E-state index contributed by atoms with van der Waals surface area (Å²) in [6, 6.07) is 13.9. The van der Waals surface area contributed by atoms with Crippen LogP contribution in [0.2, 0.25) is 0 Å². The highest BCUT2D eigenvalue weighted by Gasteiger charge is 2.27. The molecule has 0 aliphatic carbocycles. The van der Waals surface area contributed by atoms with Gasteiger partial charge >= 0.3 is 0 Å². The number of amides is 1. The fraction of sp³-hybridized carbons (Fsp3) is 0.455. The van der Waals surface area contributed by atoms with Crippen molar-refractivity contribution < 1.29 is 13.2 Å². The molecule has 2 aromatic rings. The minimum atomic E-state index is -3.18. The highest BCUT2D eigenvalue weighted by Crippen LogP contribution is 2.27. The van der Waals surface area contributed by atoms with Gasteiger partial charge in [0.1, 0.15) is 0 Å². The summed E-state index contributed by atoms with van der Waals surface area (Å²) in [6.07, 6.45) is 6.44. The van der Waals surface area contributed by atoms with Crippen LogP contribution in [0.1, 0.15) is 46.8 Å². The molecular formula is C22H29N3O3S. The highest BCUT2D eigenvalue weighted by atomic mass is 32.2. The van der Waals surface area contributed by atoms with E-state index in [0.717, 1.165) is 31.4 Å². The zero-order chi connectivity index (χ0) is 20.9. The minimum Gasteiger partial charge on any atom is -0.342 e. The van der Waals surface area contributed by atoms with Gasteiger partial charge in [-0.1, -0.05) is 30.3 Å². The first kappa shape index (κ1) is 21.5. The summed E-state index contributed by atoms with van der Waals surface area (Å²) >= 11 is 0. The molecule has 156 valence electrons. The number of hydrogen-bond acceptors (Lipinski definition) is 4. The molecule has 1 atom stereocenters. The highest BCUT2D eigenvalue weighted by molar-refractivity contribution is 7.88. The van der Waals surface area contributed by atoms with Crippen molar-refractivity contribution in [3.8, 4) is 0 Å². The van der Waals surface area contributed by atoms with E-state index >= 15 is 0 Å². The van der Waals surface area contributed by atoms with Gasteiger partial charge in [0.25, 0.3) is 5.91 Å². The van der Waals surface area contributed by atoms with Crippen molar-refractivity contribution in [2.45, 2.75) is 31.6 Å². The maximum Gasteiger partial charge on any atom is 0.255 e. The van der Waals surface area contributed by atoms with Gasteiger partial charge < -0.3 is 4.90 Å². The maximum absolute atomic E-state index is 12.7. The Bertz CT molecular complexity index is 914. The van der Waals surface area contributed by atoms with Crippen LogP contribution in [0.15, 0.2) is 48.7 Å². The van der Waals surface area contributed by atoms with Crippen molar-refractivity contribution in [1.29, 1.82) is 0 Å². The third-order valence-electron chi connectivity index (χ3n) is 5.45. The first-order chi connectivity index (χ1) is 13.8. The Morgan fingerprint density at radius 1 is 1.21 bits per heavy atom. The summed E-state index contributed by atoms with van der Waals surface area (Å²) in [5.41, 5.74) is 2.68. The second-order valence-corrected chi connectivity index (χ2v) is 9.73. The first-order valence-corrected chi connectivity index (χ1v) is 11.9. The fourth-order valence-electron chi connectivity index (χ4n) is 3.75. The topological polar surface area (TPSA) is 70.6 Å². The van der Waals surface area contributed by atoms with Gasteiger partial charge in [-0.15, -0.1) is 0 Å². The summed E-state index contributed by atoms with van der Waals surface area (Å²) in [5.74, 6) is 0.0322. The summed E-state index contributed by atoms with van der Waals surface area (Å²) in [4.78, 5) is 18.9. The summed E-state index contributed by atoms with van der Waals surface area (Å²) in [6.45, 7) is 1.71. The number of benzene rings is 1. The number of carbonyl (C=O) groups excluding carboxylic acids is 1. The monoisotopic (exact) mass is 415 g/mol. The number of carbonyl (C=O) groups is 1. The molecule has 1 aromatic heterocycles. The number of hydrogen-bond donors (Lipinski definition) is 0. The van der Waals surface area contributed by atoms with Crippen molar-refractivity contribution in [3.05, 3.63) is 65.5 Å². The lowest BCUT2D eigenvalue weighted by Gasteiger charge is -2.30.